The normalized spacial score (nSPS) is 20.6. The Balaban J connectivity index is 1.67. The van der Waals surface area contributed by atoms with Gasteiger partial charge in [-0.05, 0) is 41.5 Å². The summed E-state index contributed by atoms with van der Waals surface area (Å²) in [5.74, 6) is 0.980. The van der Waals surface area contributed by atoms with E-state index in [1.807, 2.05) is 9.58 Å². The van der Waals surface area contributed by atoms with Gasteiger partial charge in [0, 0.05) is 46.8 Å². The lowest BCUT2D eigenvalue weighted by Crippen LogP contribution is -2.38. The fourth-order valence-corrected chi connectivity index (χ4v) is 3.76. The Morgan fingerprint density at radius 1 is 1.21 bits per heavy atom. The standard InChI is InChI=1S/C16H28N6O2/c1-14(23)20-8-4-9-21(11-10-20)15-17-18-19-22(15)13-16(5-3-6-16)7-12-24-2/h3-13H2,1-2H3. The van der Waals surface area contributed by atoms with E-state index >= 15 is 0 Å². The fourth-order valence-electron chi connectivity index (χ4n) is 3.76. The third kappa shape index (κ3) is 3.68. The lowest BCUT2D eigenvalue weighted by atomic mass is 9.67. The summed E-state index contributed by atoms with van der Waals surface area (Å²) in [5.41, 5.74) is 0.275. The number of ether oxygens (including phenoxy) is 1. The third-order valence-electron chi connectivity index (χ3n) is 5.47. The number of anilines is 1. The minimum absolute atomic E-state index is 0.143. The predicted molar refractivity (Wildman–Crippen MR) is 89.7 cm³/mol. The maximum absolute atomic E-state index is 11.6. The summed E-state index contributed by atoms with van der Waals surface area (Å²) in [7, 11) is 1.76. The molecule has 0 bridgehead atoms. The van der Waals surface area contributed by atoms with E-state index in [4.69, 9.17) is 4.74 Å². The summed E-state index contributed by atoms with van der Waals surface area (Å²) in [6.07, 6.45) is 5.71. The molecule has 1 saturated heterocycles. The predicted octanol–water partition coefficient (Wildman–Crippen LogP) is 0.939. The Morgan fingerprint density at radius 3 is 2.71 bits per heavy atom. The number of hydrogen-bond acceptors (Lipinski definition) is 6. The van der Waals surface area contributed by atoms with Gasteiger partial charge in [0.2, 0.25) is 11.9 Å². The molecule has 8 heteroatoms. The van der Waals surface area contributed by atoms with Crippen LogP contribution >= 0.6 is 0 Å². The van der Waals surface area contributed by atoms with Crippen molar-refractivity contribution in [2.24, 2.45) is 5.41 Å². The summed E-state index contributed by atoms with van der Waals surface area (Å²) in [5, 5.41) is 12.4. The zero-order chi connectivity index (χ0) is 17.0. The summed E-state index contributed by atoms with van der Waals surface area (Å²) >= 11 is 0. The van der Waals surface area contributed by atoms with Gasteiger partial charge in [0.15, 0.2) is 0 Å². The van der Waals surface area contributed by atoms with Gasteiger partial charge in [0.25, 0.3) is 0 Å². The molecule has 1 aromatic heterocycles. The second-order valence-electron chi connectivity index (χ2n) is 7.08. The average Bonchev–Trinajstić information content (AvgIpc) is 2.84. The molecular weight excluding hydrogens is 308 g/mol. The minimum Gasteiger partial charge on any atom is -0.385 e. The molecule has 2 heterocycles. The van der Waals surface area contributed by atoms with Crippen LogP contribution in [0.3, 0.4) is 0 Å². The molecular formula is C16H28N6O2. The quantitative estimate of drug-likeness (QED) is 0.769. The highest BCUT2D eigenvalue weighted by Crippen LogP contribution is 2.45. The summed E-state index contributed by atoms with van der Waals surface area (Å²) < 4.78 is 7.24. The lowest BCUT2D eigenvalue weighted by molar-refractivity contribution is -0.128. The number of aromatic nitrogens is 4. The van der Waals surface area contributed by atoms with Crippen LogP contribution in [0.2, 0.25) is 0 Å². The van der Waals surface area contributed by atoms with Gasteiger partial charge in [-0.3, -0.25) is 4.79 Å². The van der Waals surface area contributed by atoms with Crippen molar-refractivity contribution >= 4 is 11.9 Å². The van der Waals surface area contributed by atoms with Crippen molar-refractivity contribution < 1.29 is 9.53 Å². The molecule has 8 nitrogen and oxygen atoms in total. The Bertz CT molecular complexity index is 557. The van der Waals surface area contributed by atoms with Crippen LogP contribution in [0.15, 0.2) is 0 Å². The molecule has 134 valence electrons. The van der Waals surface area contributed by atoms with E-state index in [0.29, 0.717) is 0 Å². The molecule has 1 aromatic rings. The maximum atomic E-state index is 11.6. The lowest BCUT2D eigenvalue weighted by Gasteiger charge is -2.42. The van der Waals surface area contributed by atoms with Crippen LogP contribution in [0.25, 0.3) is 0 Å². The number of nitrogens with zero attached hydrogens (tertiary/aromatic N) is 6. The van der Waals surface area contributed by atoms with Gasteiger partial charge in [-0.1, -0.05) is 11.5 Å². The number of tetrazole rings is 1. The first kappa shape index (κ1) is 17.1. The highest BCUT2D eigenvalue weighted by atomic mass is 16.5. The van der Waals surface area contributed by atoms with Gasteiger partial charge < -0.3 is 14.5 Å². The van der Waals surface area contributed by atoms with E-state index in [1.54, 1.807) is 14.0 Å². The van der Waals surface area contributed by atoms with Gasteiger partial charge in [-0.2, -0.15) is 0 Å². The first-order valence-corrected chi connectivity index (χ1v) is 8.89. The Kier molecular flexibility index (Phi) is 5.33. The monoisotopic (exact) mass is 336 g/mol. The number of methoxy groups -OCH3 is 1. The maximum Gasteiger partial charge on any atom is 0.245 e. The zero-order valence-electron chi connectivity index (χ0n) is 14.8. The van der Waals surface area contributed by atoms with Crippen LogP contribution in [0.1, 0.15) is 39.0 Å². The van der Waals surface area contributed by atoms with Crippen molar-refractivity contribution in [2.45, 2.75) is 45.6 Å². The Hall–Kier alpha value is -1.70. The van der Waals surface area contributed by atoms with E-state index in [2.05, 4.69) is 20.4 Å². The number of hydrogen-bond donors (Lipinski definition) is 0. The van der Waals surface area contributed by atoms with Crippen LogP contribution in [0.5, 0.6) is 0 Å². The molecule has 0 N–H and O–H groups in total. The van der Waals surface area contributed by atoms with Crippen molar-refractivity contribution in [3.63, 3.8) is 0 Å². The summed E-state index contributed by atoms with van der Waals surface area (Å²) in [6, 6.07) is 0. The molecule has 0 atom stereocenters. The van der Waals surface area contributed by atoms with Crippen molar-refractivity contribution in [3.05, 3.63) is 0 Å². The van der Waals surface area contributed by atoms with Crippen molar-refractivity contribution in [1.29, 1.82) is 0 Å². The first-order valence-electron chi connectivity index (χ1n) is 8.89. The van der Waals surface area contributed by atoms with Gasteiger partial charge in [0.1, 0.15) is 0 Å². The Morgan fingerprint density at radius 2 is 2.04 bits per heavy atom. The molecule has 1 saturated carbocycles. The van der Waals surface area contributed by atoms with E-state index in [0.717, 1.165) is 58.1 Å². The number of carbonyl (C=O) groups excluding carboxylic acids is 1. The van der Waals surface area contributed by atoms with Gasteiger partial charge in [0.05, 0.1) is 6.54 Å². The smallest absolute Gasteiger partial charge is 0.245 e. The molecule has 1 aliphatic heterocycles. The number of rotatable bonds is 6. The van der Waals surface area contributed by atoms with Crippen LogP contribution in [-0.4, -0.2) is 70.9 Å². The molecule has 0 unspecified atom stereocenters. The topological polar surface area (TPSA) is 76.4 Å². The first-order chi connectivity index (χ1) is 11.6. The summed E-state index contributed by atoms with van der Waals surface area (Å²) in [4.78, 5) is 15.7. The van der Waals surface area contributed by atoms with Gasteiger partial charge in [-0.25, -0.2) is 4.68 Å². The number of amides is 1. The van der Waals surface area contributed by atoms with Crippen molar-refractivity contribution in [2.75, 3.05) is 44.8 Å². The van der Waals surface area contributed by atoms with Crippen LogP contribution in [0.4, 0.5) is 5.95 Å². The van der Waals surface area contributed by atoms with E-state index in [-0.39, 0.29) is 11.3 Å². The highest BCUT2D eigenvalue weighted by molar-refractivity contribution is 5.73. The molecule has 2 aliphatic rings. The third-order valence-corrected chi connectivity index (χ3v) is 5.47. The average molecular weight is 336 g/mol. The second kappa shape index (κ2) is 7.46. The SMILES string of the molecule is COCCC1(Cn2nnnc2N2CCCN(C(C)=O)CC2)CCC1. The van der Waals surface area contributed by atoms with Gasteiger partial charge >= 0.3 is 0 Å². The molecule has 0 spiro atoms. The molecule has 0 radical (unpaired) electrons. The van der Waals surface area contributed by atoms with Crippen LogP contribution < -0.4 is 4.90 Å². The molecule has 1 aliphatic carbocycles. The Labute approximate surface area is 143 Å². The molecule has 24 heavy (non-hydrogen) atoms. The molecule has 1 amide bonds. The summed E-state index contributed by atoms with van der Waals surface area (Å²) in [6.45, 7) is 6.48. The van der Waals surface area contributed by atoms with Crippen molar-refractivity contribution in [3.8, 4) is 0 Å². The highest BCUT2D eigenvalue weighted by Gasteiger charge is 2.38. The van der Waals surface area contributed by atoms with Crippen LogP contribution in [-0.2, 0) is 16.1 Å². The number of carbonyl (C=O) groups is 1. The van der Waals surface area contributed by atoms with Crippen molar-refractivity contribution in [1.82, 2.24) is 25.1 Å². The largest absolute Gasteiger partial charge is 0.385 e. The molecule has 0 aromatic carbocycles. The van der Waals surface area contributed by atoms with E-state index in [1.165, 1.54) is 19.3 Å². The zero-order valence-corrected chi connectivity index (χ0v) is 14.8. The molecule has 3 rings (SSSR count). The second-order valence-corrected chi connectivity index (χ2v) is 7.08. The fraction of sp³-hybridized carbons (Fsp3) is 0.875. The van der Waals surface area contributed by atoms with E-state index in [9.17, 15) is 4.79 Å². The van der Waals surface area contributed by atoms with Gasteiger partial charge in [-0.15, -0.1) is 0 Å². The minimum atomic E-state index is 0.143. The van der Waals surface area contributed by atoms with E-state index < -0.39 is 0 Å². The molecule has 2 fully saturated rings. The van der Waals surface area contributed by atoms with Crippen LogP contribution in [0, 0.1) is 5.41 Å².